The lowest BCUT2D eigenvalue weighted by molar-refractivity contribution is 0.0957. The van der Waals surface area contributed by atoms with Gasteiger partial charge in [-0.05, 0) is 13.0 Å². The number of anilines is 1. The number of carbonyl (C=O) groups is 1. The normalized spacial score (nSPS) is 10.4. The van der Waals surface area contributed by atoms with Gasteiger partial charge in [0.05, 0.1) is 0 Å². The fourth-order valence-corrected chi connectivity index (χ4v) is 1.87. The third-order valence-corrected chi connectivity index (χ3v) is 2.99. The molecule has 0 saturated heterocycles. The second kappa shape index (κ2) is 5.68. The average Bonchev–Trinajstić information content (AvgIpc) is 2.96. The number of hydrogen-bond acceptors (Lipinski definition) is 5. The molecule has 2 rings (SSSR count). The quantitative estimate of drug-likeness (QED) is 0.866. The topological polar surface area (TPSA) is 84.7 Å². The summed E-state index contributed by atoms with van der Waals surface area (Å²) >= 11 is 0. The highest BCUT2D eigenvalue weighted by Crippen LogP contribution is 2.18. The monoisotopic (exact) mass is 274 g/mol. The van der Waals surface area contributed by atoms with Crippen molar-refractivity contribution in [3.8, 4) is 5.82 Å². The van der Waals surface area contributed by atoms with Crippen LogP contribution in [0.3, 0.4) is 0 Å². The van der Waals surface area contributed by atoms with Crippen molar-refractivity contribution in [2.75, 3.05) is 19.4 Å². The van der Waals surface area contributed by atoms with E-state index in [-0.39, 0.29) is 5.91 Å². The lowest BCUT2D eigenvalue weighted by atomic mass is 10.3. The Labute approximate surface area is 117 Å². The predicted molar refractivity (Wildman–Crippen MR) is 76.2 cm³/mol. The summed E-state index contributed by atoms with van der Waals surface area (Å²) in [5.74, 6) is 1.95. The molecule has 20 heavy (non-hydrogen) atoms. The summed E-state index contributed by atoms with van der Waals surface area (Å²) in [6.07, 6.45) is 2.45. The lowest BCUT2D eigenvalue weighted by Crippen LogP contribution is -2.19. The van der Waals surface area contributed by atoms with Gasteiger partial charge in [0.1, 0.15) is 11.6 Å². The van der Waals surface area contributed by atoms with Crippen molar-refractivity contribution in [3.63, 3.8) is 0 Å². The van der Waals surface area contributed by atoms with Gasteiger partial charge in [0.15, 0.2) is 11.5 Å². The van der Waals surface area contributed by atoms with Crippen molar-refractivity contribution < 1.29 is 4.79 Å². The Morgan fingerprint density at radius 3 is 2.70 bits per heavy atom. The van der Waals surface area contributed by atoms with Crippen LogP contribution in [0.1, 0.15) is 28.8 Å². The van der Waals surface area contributed by atoms with E-state index in [4.69, 9.17) is 0 Å². The van der Waals surface area contributed by atoms with Crippen molar-refractivity contribution in [3.05, 3.63) is 29.3 Å². The maximum atomic E-state index is 11.6. The van der Waals surface area contributed by atoms with E-state index in [0.717, 1.165) is 23.6 Å². The highest BCUT2D eigenvalue weighted by molar-refractivity contribution is 5.91. The van der Waals surface area contributed by atoms with E-state index >= 15 is 0 Å². The minimum Gasteiger partial charge on any atom is -0.373 e. The van der Waals surface area contributed by atoms with Gasteiger partial charge in [-0.2, -0.15) is 5.10 Å². The van der Waals surface area contributed by atoms with Gasteiger partial charge in [-0.3, -0.25) is 4.79 Å². The molecule has 7 nitrogen and oxygen atoms in total. The molecular formula is C13H18N6O. The van der Waals surface area contributed by atoms with Gasteiger partial charge in [-0.25, -0.2) is 14.6 Å². The zero-order valence-electron chi connectivity index (χ0n) is 12.1. The molecule has 0 radical (unpaired) electrons. The van der Waals surface area contributed by atoms with E-state index in [0.29, 0.717) is 11.5 Å². The van der Waals surface area contributed by atoms with Crippen LogP contribution in [0.5, 0.6) is 0 Å². The summed E-state index contributed by atoms with van der Waals surface area (Å²) in [6.45, 7) is 3.91. The minimum absolute atomic E-state index is 0.222. The molecule has 2 heterocycles. The molecule has 0 spiro atoms. The largest absolute Gasteiger partial charge is 0.373 e. The van der Waals surface area contributed by atoms with E-state index in [1.54, 1.807) is 24.0 Å². The summed E-state index contributed by atoms with van der Waals surface area (Å²) in [4.78, 5) is 20.5. The first kappa shape index (κ1) is 14.0. The van der Waals surface area contributed by atoms with Crippen LogP contribution in [0.4, 0.5) is 5.82 Å². The Morgan fingerprint density at radius 2 is 2.10 bits per heavy atom. The van der Waals surface area contributed by atoms with Crippen LogP contribution in [-0.2, 0) is 6.42 Å². The van der Waals surface area contributed by atoms with Crippen LogP contribution in [-0.4, -0.2) is 39.8 Å². The van der Waals surface area contributed by atoms with Crippen LogP contribution in [0, 0.1) is 6.92 Å². The van der Waals surface area contributed by atoms with Crippen LogP contribution >= 0.6 is 0 Å². The van der Waals surface area contributed by atoms with Gasteiger partial charge in [-0.15, -0.1) is 0 Å². The van der Waals surface area contributed by atoms with Crippen LogP contribution < -0.4 is 10.6 Å². The Morgan fingerprint density at radius 1 is 1.35 bits per heavy atom. The Balaban J connectivity index is 2.51. The standard InChI is InChI=1S/C13H18N6O/c1-5-10-16-11(14-3)8(2)12(17-10)19-7-6-9(18-19)13(20)15-4/h6-7H,5H2,1-4H3,(H,15,20)(H,14,16,17). The first-order chi connectivity index (χ1) is 9.60. The van der Waals surface area contributed by atoms with Gasteiger partial charge < -0.3 is 10.6 Å². The summed E-state index contributed by atoms with van der Waals surface area (Å²) in [6, 6.07) is 1.66. The first-order valence-corrected chi connectivity index (χ1v) is 6.44. The number of nitrogens with zero attached hydrogens (tertiary/aromatic N) is 4. The highest BCUT2D eigenvalue weighted by Gasteiger charge is 2.14. The molecular weight excluding hydrogens is 256 g/mol. The summed E-state index contributed by atoms with van der Waals surface area (Å²) in [5.41, 5.74) is 1.24. The molecule has 0 aromatic carbocycles. The average molecular weight is 274 g/mol. The fourth-order valence-electron chi connectivity index (χ4n) is 1.87. The summed E-state index contributed by atoms with van der Waals surface area (Å²) in [5, 5.41) is 9.84. The third-order valence-electron chi connectivity index (χ3n) is 2.99. The molecule has 0 bridgehead atoms. The van der Waals surface area contributed by atoms with Crippen molar-refractivity contribution in [2.24, 2.45) is 0 Å². The van der Waals surface area contributed by atoms with E-state index in [2.05, 4.69) is 25.7 Å². The van der Waals surface area contributed by atoms with Gasteiger partial charge >= 0.3 is 0 Å². The van der Waals surface area contributed by atoms with Gasteiger partial charge in [0, 0.05) is 32.3 Å². The van der Waals surface area contributed by atoms with Crippen molar-refractivity contribution in [1.82, 2.24) is 25.1 Å². The van der Waals surface area contributed by atoms with Crippen LogP contribution in [0.15, 0.2) is 12.3 Å². The maximum Gasteiger partial charge on any atom is 0.271 e. The third kappa shape index (κ3) is 2.47. The van der Waals surface area contributed by atoms with E-state index in [9.17, 15) is 4.79 Å². The number of rotatable bonds is 4. The van der Waals surface area contributed by atoms with Crippen molar-refractivity contribution >= 4 is 11.7 Å². The molecule has 1 amide bonds. The Bertz CT molecular complexity index is 634. The molecule has 0 aliphatic rings. The van der Waals surface area contributed by atoms with E-state index in [1.165, 1.54) is 0 Å². The molecule has 106 valence electrons. The van der Waals surface area contributed by atoms with Crippen LogP contribution in [0.2, 0.25) is 0 Å². The number of aromatic nitrogens is 4. The predicted octanol–water partition coefficient (Wildman–Crippen LogP) is 0.934. The Hall–Kier alpha value is -2.44. The molecule has 0 saturated carbocycles. The number of hydrogen-bond donors (Lipinski definition) is 2. The molecule has 7 heteroatoms. The van der Waals surface area contributed by atoms with Crippen LogP contribution in [0.25, 0.3) is 5.82 Å². The smallest absolute Gasteiger partial charge is 0.271 e. The summed E-state index contributed by atoms with van der Waals surface area (Å²) in [7, 11) is 3.39. The lowest BCUT2D eigenvalue weighted by Gasteiger charge is -2.11. The van der Waals surface area contributed by atoms with Gasteiger partial charge in [0.2, 0.25) is 0 Å². The maximum absolute atomic E-state index is 11.6. The van der Waals surface area contributed by atoms with Crippen molar-refractivity contribution in [1.29, 1.82) is 0 Å². The number of aryl methyl sites for hydroxylation is 1. The van der Waals surface area contributed by atoms with Gasteiger partial charge in [0.25, 0.3) is 5.91 Å². The molecule has 0 aliphatic heterocycles. The molecule has 0 fully saturated rings. The summed E-state index contributed by atoms with van der Waals surface area (Å²) < 4.78 is 1.60. The molecule has 2 N–H and O–H groups in total. The minimum atomic E-state index is -0.222. The number of amides is 1. The fraction of sp³-hybridized carbons (Fsp3) is 0.385. The zero-order valence-corrected chi connectivity index (χ0v) is 12.1. The number of nitrogens with one attached hydrogen (secondary N) is 2. The second-order valence-electron chi connectivity index (χ2n) is 4.27. The van der Waals surface area contributed by atoms with E-state index < -0.39 is 0 Å². The highest BCUT2D eigenvalue weighted by atomic mass is 16.1. The van der Waals surface area contributed by atoms with Gasteiger partial charge in [-0.1, -0.05) is 6.92 Å². The Kier molecular flexibility index (Phi) is 3.97. The van der Waals surface area contributed by atoms with Crippen molar-refractivity contribution in [2.45, 2.75) is 20.3 Å². The SMILES string of the molecule is CCc1nc(NC)c(C)c(-n2ccc(C(=O)NC)n2)n1. The molecule has 2 aromatic heterocycles. The number of carbonyl (C=O) groups excluding carboxylic acids is 1. The molecule has 2 aromatic rings. The first-order valence-electron chi connectivity index (χ1n) is 6.44. The molecule has 0 aliphatic carbocycles. The second-order valence-corrected chi connectivity index (χ2v) is 4.27. The van der Waals surface area contributed by atoms with E-state index in [1.807, 2.05) is 20.9 Å². The molecule has 0 unspecified atom stereocenters. The molecule has 0 atom stereocenters. The zero-order chi connectivity index (χ0) is 14.7.